The van der Waals surface area contributed by atoms with Crippen molar-refractivity contribution in [3.8, 4) is 16.8 Å². The molecule has 0 aliphatic rings. The molecule has 138 valence electrons. The third-order valence-corrected chi connectivity index (χ3v) is 5.88. The molecule has 0 saturated carbocycles. The van der Waals surface area contributed by atoms with E-state index in [1.165, 1.54) is 11.1 Å². The number of hydrogen-bond acceptors (Lipinski definition) is 2. The van der Waals surface area contributed by atoms with Gasteiger partial charge in [-0.3, -0.25) is 4.57 Å². The molecule has 29 heavy (non-hydrogen) atoms. The van der Waals surface area contributed by atoms with Crippen molar-refractivity contribution in [3.63, 3.8) is 0 Å². The first-order chi connectivity index (χ1) is 14.3. The van der Waals surface area contributed by atoms with Crippen LogP contribution in [-0.4, -0.2) is 9.55 Å². The SMILES string of the molecule is Brc1nc2cc3c(cc2n1-c1ccc(-c2ccccc2)cc1)oc1ccccc13. The van der Waals surface area contributed by atoms with Crippen LogP contribution in [0.3, 0.4) is 0 Å². The maximum Gasteiger partial charge on any atom is 0.182 e. The Hall–Kier alpha value is -3.37. The van der Waals surface area contributed by atoms with Gasteiger partial charge >= 0.3 is 0 Å². The zero-order valence-electron chi connectivity index (χ0n) is 15.3. The molecule has 0 spiro atoms. The Morgan fingerprint density at radius 2 is 1.41 bits per heavy atom. The Morgan fingerprint density at radius 1 is 0.690 bits per heavy atom. The number of aromatic nitrogens is 2. The molecule has 4 aromatic carbocycles. The molecular weight excluding hydrogens is 424 g/mol. The molecule has 4 heteroatoms. The molecule has 0 saturated heterocycles. The lowest BCUT2D eigenvalue weighted by Crippen LogP contribution is -1.94. The standard InChI is InChI=1S/C25H15BrN2O/c26-25-27-21-14-20-19-8-4-5-9-23(19)29-24(20)15-22(21)28(25)18-12-10-17(11-13-18)16-6-2-1-3-7-16/h1-15H. The summed E-state index contributed by atoms with van der Waals surface area (Å²) in [5.74, 6) is 0. The van der Waals surface area contributed by atoms with Gasteiger partial charge in [0.05, 0.1) is 11.0 Å². The number of imidazole rings is 1. The second-order valence-electron chi connectivity index (χ2n) is 7.06. The Bertz CT molecular complexity index is 1500. The fourth-order valence-electron chi connectivity index (χ4n) is 3.95. The van der Waals surface area contributed by atoms with Crippen molar-refractivity contribution in [2.75, 3.05) is 0 Å². The summed E-state index contributed by atoms with van der Waals surface area (Å²) in [7, 11) is 0. The van der Waals surface area contributed by atoms with Crippen molar-refractivity contribution in [1.29, 1.82) is 0 Å². The van der Waals surface area contributed by atoms with Crippen LogP contribution in [0.5, 0.6) is 0 Å². The van der Waals surface area contributed by atoms with Gasteiger partial charge < -0.3 is 4.42 Å². The van der Waals surface area contributed by atoms with Crippen LogP contribution in [0.2, 0.25) is 0 Å². The first kappa shape index (κ1) is 16.6. The highest BCUT2D eigenvalue weighted by Crippen LogP contribution is 2.34. The number of rotatable bonds is 2. The van der Waals surface area contributed by atoms with E-state index < -0.39 is 0 Å². The van der Waals surface area contributed by atoms with Gasteiger partial charge in [0.15, 0.2) is 4.73 Å². The minimum Gasteiger partial charge on any atom is -0.456 e. The van der Waals surface area contributed by atoms with E-state index in [9.17, 15) is 0 Å². The molecule has 0 aliphatic carbocycles. The number of halogens is 1. The van der Waals surface area contributed by atoms with E-state index >= 15 is 0 Å². The van der Waals surface area contributed by atoms with Crippen LogP contribution in [-0.2, 0) is 0 Å². The number of fused-ring (bicyclic) bond motifs is 4. The normalized spacial score (nSPS) is 11.6. The van der Waals surface area contributed by atoms with Crippen LogP contribution in [0.4, 0.5) is 0 Å². The third-order valence-electron chi connectivity index (χ3n) is 5.34. The monoisotopic (exact) mass is 438 g/mol. The molecular formula is C25H15BrN2O. The summed E-state index contributed by atoms with van der Waals surface area (Å²) in [4.78, 5) is 4.74. The molecule has 0 aliphatic heterocycles. The van der Waals surface area contributed by atoms with E-state index in [0.29, 0.717) is 0 Å². The van der Waals surface area contributed by atoms with Gasteiger partial charge in [0.2, 0.25) is 0 Å². The van der Waals surface area contributed by atoms with Gasteiger partial charge in [0.25, 0.3) is 0 Å². The second-order valence-corrected chi connectivity index (χ2v) is 7.77. The quantitative estimate of drug-likeness (QED) is 0.282. The molecule has 2 aromatic heterocycles. The summed E-state index contributed by atoms with van der Waals surface area (Å²) in [6.45, 7) is 0. The van der Waals surface area contributed by atoms with Crippen LogP contribution >= 0.6 is 15.9 Å². The Morgan fingerprint density at radius 3 is 2.24 bits per heavy atom. The molecule has 0 bridgehead atoms. The van der Waals surface area contributed by atoms with Gasteiger partial charge in [0, 0.05) is 22.5 Å². The lowest BCUT2D eigenvalue weighted by Gasteiger charge is -2.08. The Labute approximate surface area is 175 Å². The van der Waals surface area contributed by atoms with E-state index in [1.54, 1.807) is 0 Å². The van der Waals surface area contributed by atoms with Crippen molar-refractivity contribution in [2.45, 2.75) is 0 Å². The molecule has 6 rings (SSSR count). The molecule has 2 heterocycles. The first-order valence-corrected chi connectivity index (χ1v) is 10.2. The average Bonchev–Trinajstić information content (AvgIpc) is 3.28. The van der Waals surface area contributed by atoms with Crippen LogP contribution in [0.1, 0.15) is 0 Å². The molecule has 0 radical (unpaired) electrons. The summed E-state index contributed by atoms with van der Waals surface area (Å²) < 4.78 is 8.96. The summed E-state index contributed by atoms with van der Waals surface area (Å²) in [5, 5.41) is 2.20. The molecule has 0 fully saturated rings. The largest absolute Gasteiger partial charge is 0.456 e. The molecule has 0 unspecified atom stereocenters. The van der Waals surface area contributed by atoms with Gasteiger partial charge in [0.1, 0.15) is 11.2 Å². The van der Waals surface area contributed by atoms with E-state index in [2.05, 4.69) is 87.2 Å². The number of nitrogens with zero attached hydrogens (tertiary/aromatic N) is 2. The van der Waals surface area contributed by atoms with Crippen LogP contribution in [0, 0.1) is 0 Å². The topological polar surface area (TPSA) is 31.0 Å². The van der Waals surface area contributed by atoms with Gasteiger partial charge in [-0.2, -0.15) is 0 Å². The van der Waals surface area contributed by atoms with Crippen LogP contribution < -0.4 is 0 Å². The lowest BCUT2D eigenvalue weighted by molar-refractivity contribution is 0.669. The van der Waals surface area contributed by atoms with Crippen molar-refractivity contribution in [3.05, 3.63) is 95.7 Å². The summed E-state index contributed by atoms with van der Waals surface area (Å²) >= 11 is 3.64. The zero-order valence-corrected chi connectivity index (χ0v) is 16.9. The minimum absolute atomic E-state index is 0.775. The van der Waals surface area contributed by atoms with Gasteiger partial charge in [-0.15, -0.1) is 0 Å². The maximum atomic E-state index is 6.08. The Balaban J connectivity index is 1.53. The number of benzene rings is 4. The first-order valence-electron chi connectivity index (χ1n) is 9.43. The molecule has 3 nitrogen and oxygen atoms in total. The Kier molecular flexibility index (Phi) is 3.61. The number of hydrogen-bond donors (Lipinski definition) is 0. The van der Waals surface area contributed by atoms with E-state index in [1.807, 2.05) is 24.3 Å². The van der Waals surface area contributed by atoms with Gasteiger partial charge in [-0.1, -0.05) is 60.7 Å². The summed E-state index contributed by atoms with van der Waals surface area (Å²) in [5.41, 5.74) is 7.15. The van der Waals surface area contributed by atoms with Gasteiger partial charge in [-0.05, 0) is 51.3 Å². The second kappa shape index (κ2) is 6.33. The molecule has 0 atom stereocenters. The predicted molar refractivity (Wildman–Crippen MR) is 121 cm³/mol. The van der Waals surface area contributed by atoms with Crippen molar-refractivity contribution in [1.82, 2.24) is 9.55 Å². The molecule has 6 aromatic rings. The summed E-state index contributed by atoms with van der Waals surface area (Å²) in [6, 6.07) is 31.2. The highest BCUT2D eigenvalue weighted by Gasteiger charge is 2.15. The molecule has 0 N–H and O–H groups in total. The van der Waals surface area contributed by atoms with Crippen LogP contribution in [0.15, 0.2) is 100 Å². The number of furan rings is 1. The summed E-state index contributed by atoms with van der Waals surface area (Å²) in [6.07, 6.45) is 0. The highest BCUT2D eigenvalue weighted by atomic mass is 79.9. The zero-order chi connectivity index (χ0) is 19.4. The van der Waals surface area contributed by atoms with E-state index in [0.717, 1.165) is 43.4 Å². The number of para-hydroxylation sites is 1. The van der Waals surface area contributed by atoms with E-state index in [4.69, 9.17) is 9.40 Å². The highest BCUT2D eigenvalue weighted by molar-refractivity contribution is 9.10. The molecule has 0 amide bonds. The minimum atomic E-state index is 0.775. The van der Waals surface area contributed by atoms with Crippen molar-refractivity contribution in [2.24, 2.45) is 0 Å². The van der Waals surface area contributed by atoms with Gasteiger partial charge in [-0.25, -0.2) is 4.98 Å². The fourth-order valence-corrected chi connectivity index (χ4v) is 4.53. The van der Waals surface area contributed by atoms with E-state index in [-0.39, 0.29) is 0 Å². The predicted octanol–water partition coefficient (Wildman–Crippen LogP) is 7.35. The lowest BCUT2D eigenvalue weighted by atomic mass is 10.1. The average molecular weight is 439 g/mol. The fraction of sp³-hybridized carbons (Fsp3) is 0. The maximum absolute atomic E-state index is 6.08. The smallest absolute Gasteiger partial charge is 0.182 e. The third kappa shape index (κ3) is 2.60. The van der Waals surface area contributed by atoms with Crippen molar-refractivity contribution < 1.29 is 4.42 Å². The van der Waals surface area contributed by atoms with Crippen LogP contribution in [0.25, 0.3) is 49.8 Å². The van der Waals surface area contributed by atoms with Crippen molar-refractivity contribution >= 4 is 48.9 Å².